The first-order valence-corrected chi connectivity index (χ1v) is 7.07. The Morgan fingerprint density at radius 3 is 3.24 bits per heavy atom. The fraction of sp³-hybridized carbons (Fsp3) is 0.750. The molecular weight excluding hydrogens is 234 g/mol. The predicted molar refractivity (Wildman–Crippen MR) is 71.6 cm³/mol. The van der Waals surface area contributed by atoms with E-state index in [1.165, 1.54) is 4.88 Å². The zero-order valence-electron chi connectivity index (χ0n) is 10.6. The van der Waals surface area contributed by atoms with Crippen LogP contribution in [-0.4, -0.2) is 42.7 Å². The molecule has 0 saturated carbocycles. The van der Waals surface area contributed by atoms with Gasteiger partial charge in [-0.3, -0.25) is 4.90 Å². The third kappa shape index (κ3) is 3.66. The molecule has 0 aromatic carbocycles. The average Bonchev–Trinajstić information content (AvgIpc) is 2.96. The Balaban J connectivity index is 1.80. The highest BCUT2D eigenvalue weighted by atomic mass is 32.1. The van der Waals surface area contributed by atoms with Gasteiger partial charge in [-0.25, -0.2) is 4.98 Å². The maximum Gasteiger partial charge on any atom is 0.182 e. The van der Waals surface area contributed by atoms with E-state index in [0.717, 1.165) is 44.2 Å². The molecule has 2 heterocycles. The summed E-state index contributed by atoms with van der Waals surface area (Å²) in [5, 5.41) is 4.37. The van der Waals surface area contributed by atoms with Crippen LogP contribution in [-0.2, 0) is 11.3 Å². The predicted octanol–water partition coefficient (Wildman–Crippen LogP) is 2.19. The Hall–Kier alpha value is -0.650. The van der Waals surface area contributed by atoms with E-state index in [1.807, 2.05) is 6.20 Å². The summed E-state index contributed by atoms with van der Waals surface area (Å²) in [6.45, 7) is 6.35. The lowest BCUT2D eigenvalue weighted by Gasteiger charge is -2.13. The molecule has 0 bridgehead atoms. The van der Waals surface area contributed by atoms with Crippen molar-refractivity contribution in [2.75, 3.05) is 32.1 Å². The monoisotopic (exact) mass is 255 g/mol. The summed E-state index contributed by atoms with van der Waals surface area (Å²) in [5.41, 5.74) is 0. The maximum absolute atomic E-state index is 5.37. The molecule has 1 saturated heterocycles. The number of anilines is 1. The Labute approximate surface area is 107 Å². The first-order chi connectivity index (χ1) is 8.31. The van der Waals surface area contributed by atoms with E-state index in [4.69, 9.17) is 4.74 Å². The van der Waals surface area contributed by atoms with Crippen LogP contribution in [0.1, 0.15) is 24.6 Å². The minimum Gasteiger partial charge on any atom is -0.380 e. The summed E-state index contributed by atoms with van der Waals surface area (Å²) in [5.74, 6) is 0. The highest BCUT2D eigenvalue weighted by Crippen LogP contribution is 2.22. The SMILES string of the molecule is CCCNc1ncc(CN2CCC(OC)C2)s1. The number of hydrogen-bond acceptors (Lipinski definition) is 5. The molecule has 1 unspecified atom stereocenters. The lowest BCUT2D eigenvalue weighted by molar-refractivity contribution is 0.107. The molecule has 1 aromatic heterocycles. The first kappa shape index (κ1) is 12.8. The summed E-state index contributed by atoms with van der Waals surface area (Å²) in [6.07, 6.45) is 4.69. The third-order valence-corrected chi connectivity index (χ3v) is 3.96. The Morgan fingerprint density at radius 1 is 1.65 bits per heavy atom. The molecule has 0 aliphatic carbocycles. The Bertz CT molecular complexity index is 342. The number of rotatable bonds is 6. The van der Waals surface area contributed by atoms with Crippen LogP contribution in [0.2, 0.25) is 0 Å². The molecule has 1 atom stereocenters. The molecule has 1 N–H and O–H groups in total. The van der Waals surface area contributed by atoms with Crippen molar-refractivity contribution in [2.45, 2.75) is 32.4 Å². The molecule has 96 valence electrons. The van der Waals surface area contributed by atoms with E-state index in [0.29, 0.717) is 6.10 Å². The van der Waals surface area contributed by atoms with Crippen molar-refractivity contribution < 1.29 is 4.74 Å². The zero-order chi connectivity index (χ0) is 12.1. The van der Waals surface area contributed by atoms with Gasteiger partial charge in [0, 0.05) is 44.4 Å². The standard InChI is InChI=1S/C12H21N3OS/c1-3-5-13-12-14-7-11(17-12)9-15-6-4-10(8-15)16-2/h7,10H,3-6,8-9H2,1-2H3,(H,13,14). The Kier molecular flexibility index (Phi) is 4.76. The second-order valence-corrected chi connectivity index (χ2v) is 5.56. The minimum atomic E-state index is 0.417. The maximum atomic E-state index is 5.37. The van der Waals surface area contributed by atoms with Crippen molar-refractivity contribution in [1.82, 2.24) is 9.88 Å². The largest absolute Gasteiger partial charge is 0.380 e. The van der Waals surface area contributed by atoms with Crippen molar-refractivity contribution in [3.8, 4) is 0 Å². The normalized spacial score (nSPS) is 20.9. The first-order valence-electron chi connectivity index (χ1n) is 6.25. The Morgan fingerprint density at radius 2 is 2.53 bits per heavy atom. The second kappa shape index (κ2) is 6.33. The molecule has 0 radical (unpaired) electrons. The fourth-order valence-electron chi connectivity index (χ4n) is 2.05. The van der Waals surface area contributed by atoms with Crippen LogP contribution < -0.4 is 5.32 Å². The van der Waals surface area contributed by atoms with Gasteiger partial charge in [0.25, 0.3) is 0 Å². The van der Waals surface area contributed by atoms with Gasteiger partial charge < -0.3 is 10.1 Å². The number of ether oxygens (including phenoxy) is 1. The molecule has 1 aliphatic rings. The van der Waals surface area contributed by atoms with Crippen LogP contribution >= 0.6 is 11.3 Å². The highest BCUT2D eigenvalue weighted by molar-refractivity contribution is 7.15. The van der Waals surface area contributed by atoms with Crippen molar-refractivity contribution in [1.29, 1.82) is 0 Å². The van der Waals surface area contributed by atoms with Gasteiger partial charge in [0.1, 0.15) is 0 Å². The van der Waals surface area contributed by atoms with Crippen molar-refractivity contribution >= 4 is 16.5 Å². The van der Waals surface area contributed by atoms with Crippen LogP contribution in [0.4, 0.5) is 5.13 Å². The summed E-state index contributed by atoms with van der Waals surface area (Å²) in [4.78, 5) is 8.15. The van der Waals surface area contributed by atoms with Crippen molar-refractivity contribution in [3.63, 3.8) is 0 Å². The summed E-state index contributed by atoms with van der Waals surface area (Å²) in [6, 6.07) is 0. The molecule has 1 fully saturated rings. The molecule has 5 heteroatoms. The average molecular weight is 255 g/mol. The number of nitrogens with zero attached hydrogens (tertiary/aromatic N) is 2. The minimum absolute atomic E-state index is 0.417. The molecule has 0 amide bonds. The summed E-state index contributed by atoms with van der Waals surface area (Å²) >= 11 is 1.76. The van der Waals surface area contributed by atoms with Gasteiger partial charge >= 0.3 is 0 Å². The van der Waals surface area contributed by atoms with E-state index in [1.54, 1.807) is 18.4 Å². The number of likely N-dealkylation sites (tertiary alicyclic amines) is 1. The van der Waals surface area contributed by atoms with Crippen LogP contribution in [0.25, 0.3) is 0 Å². The summed E-state index contributed by atoms with van der Waals surface area (Å²) in [7, 11) is 1.80. The van der Waals surface area contributed by atoms with Crippen LogP contribution in [0.5, 0.6) is 0 Å². The molecular formula is C12H21N3OS. The van der Waals surface area contributed by atoms with Crippen LogP contribution in [0, 0.1) is 0 Å². The number of hydrogen-bond donors (Lipinski definition) is 1. The molecule has 17 heavy (non-hydrogen) atoms. The van der Waals surface area contributed by atoms with E-state index in [2.05, 4.69) is 22.1 Å². The van der Waals surface area contributed by atoms with E-state index >= 15 is 0 Å². The number of methoxy groups -OCH3 is 1. The molecule has 1 aliphatic heterocycles. The van der Waals surface area contributed by atoms with Crippen molar-refractivity contribution in [3.05, 3.63) is 11.1 Å². The molecule has 0 spiro atoms. The number of nitrogens with one attached hydrogen (secondary N) is 1. The number of aromatic nitrogens is 1. The third-order valence-electron chi connectivity index (χ3n) is 3.02. The van der Waals surface area contributed by atoms with E-state index in [-0.39, 0.29) is 0 Å². The quantitative estimate of drug-likeness (QED) is 0.845. The van der Waals surface area contributed by atoms with E-state index in [9.17, 15) is 0 Å². The topological polar surface area (TPSA) is 37.4 Å². The van der Waals surface area contributed by atoms with Crippen molar-refractivity contribution in [2.24, 2.45) is 0 Å². The van der Waals surface area contributed by atoms with Gasteiger partial charge in [-0.1, -0.05) is 6.92 Å². The second-order valence-electron chi connectivity index (χ2n) is 4.44. The van der Waals surface area contributed by atoms with Crippen LogP contribution in [0.3, 0.4) is 0 Å². The lowest BCUT2D eigenvalue weighted by atomic mass is 10.3. The zero-order valence-corrected chi connectivity index (χ0v) is 11.4. The van der Waals surface area contributed by atoms with Gasteiger partial charge in [-0.2, -0.15) is 0 Å². The highest BCUT2D eigenvalue weighted by Gasteiger charge is 2.22. The smallest absolute Gasteiger partial charge is 0.182 e. The van der Waals surface area contributed by atoms with E-state index < -0.39 is 0 Å². The van der Waals surface area contributed by atoms with Gasteiger partial charge in [0.05, 0.1) is 6.10 Å². The molecule has 4 nitrogen and oxygen atoms in total. The van der Waals surface area contributed by atoms with Gasteiger partial charge in [0.2, 0.25) is 0 Å². The summed E-state index contributed by atoms with van der Waals surface area (Å²) < 4.78 is 5.37. The van der Waals surface area contributed by atoms with Gasteiger partial charge in [-0.15, -0.1) is 11.3 Å². The number of thiazole rings is 1. The molecule has 2 rings (SSSR count). The van der Waals surface area contributed by atoms with Crippen LogP contribution in [0.15, 0.2) is 6.20 Å². The molecule has 1 aromatic rings. The van der Waals surface area contributed by atoms with Gasteiger partial charge in [-0.05, 0) is 12.8 Å². The lowest BCUT2D eigenvalue weighted by Crippen LogP contribution is -2.21. The van der Waals surface area contributed by atoms with Gasteiger partial charge in [0.15, 0.2) is 5.13 Å². The fourth-order valence-corrected chi connectivity index (χ4v) is 2.93.